The van der Waals surface area contributed by atoms with Crippen LogP contribution in [0.2, 0.25) is 0 Å². The van der Waals surface area contributed by atoms with Crippen LogP contribution in [0.1, 0.15) is 45.5 Å². The fourth-order valence-electron chi connectivity index (χ4n) is 3.73. The molecule has 0 unspecified atom stereocenters. The number of pyridine rings is 1. The Bertz CT molecular complexity index is 1080. The summed E-state index contributed by atoms with van der Waals surface area (Å²) in [4.78, 5) is 27.9. The van der Waals surface area contributed by atoms with Gasteiger partial charge in [0.2, 0.25) is 0 Å². The molecule has 2 N–H and O–H groups in total. The topological polar surface area (TPSA) is 62.0 Å². The highest BCUT2D eigenvalue weighted by molar-refractivity contribution is 6.05. The van der Waals surface area contributed by atoms with Gasteiger partial charge in [0.15, 0.2) is 0 Å². The molecule has 0 fully saturated rings. The zero-order valence-electron chi connectivity index (χ0n) is 15.1. The van der Waals surface area contributed by atoms with Crippen molar-refractivity contribution in [1.82, 2.24) is 4.98 Å². The van der Waals surface area contributed by atoms with Gasteiger partial charge in [-0.3, -0.25) is 9.59 Å². The number of H-pyrrole nitrogens is 1. The fraction of sp³-hybridized carbons (Fsp3) is 0.273. The van der Waals surface area contributed by atoms with Crippen LogP contribution >= 0.6 is 0 Å². The number of fused-ring (bicyclic) bond motifs is 3. The molecule has 0 saturated heterocycles. The van der Waals surface area contributed by atoms with Crippen LogP contribution in [0.15, 0.2) is 41.2 Å². The molecule has 0 aliphatic heterocycles. The monoisotopic (exact) mass is 346 g/mol. The second-order valence-corrected chi connectivity index (χ2v) is 7.13. The number of aromatic amines is 1. The van der Waals surface area contributed by atoms with Crippen LogP contribution < -0.4 is 10.9 Å². The lowest BCUT2D eigenvalue weighted by Crippen LogP contribution is -2.19. The Morgan fingerprint density at radius 2 is 1.73 bits per heavy atom. The van der Waals surface area contributed by atoms with Crippen LogP contribution in [0.5, 0.6) is 0 Å². The molecule has 1 heterocycles. The van der Waals surface area contributed by atoms with Crippen molar-refractivity contribution >= 4 is 22.5 Å². The molecule has 0 saturated carbocycles. The number of rotatable bonds is 2. The van der Waals surface area contributed by atoms with E-state index in [1.54, 1.807) is 0 Å². The molecular formula is C22H22N2O2. The van der Waals surface area contributed by atoms with E-state index in [4.69, 9.17) is 0 Å². The molecule has 1 amide bonds. The fourth-order valence-corrected chi connectivity index (χ4v) is 3.73. The van der Waals surface area contributed by atoms with Gasteiger partial charge < -0.3 is 10.3 Å². The van der Waals surface area contributed by atoms with Gasteiger partial charge >= 0.3 is 0 Å². The third-order valence-corrected chi connectivity index (χ3v) is 5.36. The van der Waals surface area contributed by atoms with Gasteiger partial charge in [-0.15, -0.1) is 0 Å². The SMILES string of the molecule is Cc1ccc(C(=O)Nc2ccc3c4c(c(=O)[nH]c3c2)CCCC4)cc1C. The van der Waals surface area contributed by atoms with Gasteiger partial charge in [-0.1, -0.05) is 12.1 Å². The molecule has 1 aliphatic rings. The second-order valence-electron chi connectivity index (χ2n) is 7.13. The van der Waals surface area contributed by atoms with Crippen molar-refractivity contribution in [3.05, 3.63) is 74.6 Å². The molecular weight excluding hydrogens is 324 g/mol. The van der Waals surface area contributed by atoms with E-state index in [1.807, 2.05) is 50.2 Å². The molecule has 1 aromatic heterocycles. The minimum atomic E-state index is -0.146. The van der Waals surface area contributed by atoms with Crippen molar-refractivity contribution in [2.75, 3.05) is 5.32 Å². The average molecular weight is 346 g/mol. The first-order chi connectivity index (χ1) is 12.5. The van der Waals surface area contributed by atoms with E-state index >= 15 is 0 Å². The summed E-state index contributed by atoms with van der Waals surface area (Å²) < 4.78 is 0. The van der Waals surface area contributed by atoms with Crippen molar-refractivity contribution < 1.29 is 4.79 Å². The molecule has 3 aromatic rings. The highest BCUT2D eigenvalue weighted by Gasteiger charge is 2.16. The number of carbonyl (C=O) groups excluding carboxylic acids is 1. The van der Waals surface area contributed by atoms with E-state index in [1.165, 1.54) is 5.56 Å². The first kappa shape index (κ1) is 16.6. The van der Waals surface area contributed by atoms with E-state index in [2.05, 4.69) is 10.3 Å². The maximum atomic E-state index is 12.5. The lowest BCUT2D eigenvalue weighted by Gasteiger charge is -2.17. The number of anilines is 1. The number of carbonyl (C=O) groups is 1. The number of aryl methyl sites for hydroxylation is 3. The summed E-state index contributed by atoms with van der Waals surface area (Å²) in [6.07, 6.45) is 4.00. The lowest BCUT2D eigenvalue weighted by atomic mass is 9.90. The molecule has 0 spiro atoms. The number of hydrogen-bond donors (Lipinski definition) is 2. The van der Waals surface area contributed by atoms with Gasteiger partial charge in [0.05, 0.1) is 5.52 Å². The molecule has 4 heteroatoms. The molecule has 0 atom stereocenters. The molecule has 0 bridgehead atoms. The zero-order valence-corrected chi connectivity index (χ0v) is 15.1. The maximum absolute atomic E-state index is 12.5. The summed E-state index contributed by atoms with van der Waals surface area (Å²) in [6.45, 7) is 4.02. The van der Waals surface area contributed by atoms with Crippen LogP contribution in [0.25, 0.3) is 10.9 Å². The summed E-state index contributed by atoms with van der Waals surface area (Å²) in [5.41, 5.74) is 6.46. The van der Waals surface area contributed by atoms with Crippen molar-refractivity contribution in [3.63, 3.8) is 0 Å². The van der Waals surface area contributed by atoms with Crippen molar-refractivity contribution in [2.24, 2.45) is 0 Å². The van der Waals surface area contributed by atoms with E-state index in [9.17, 15) is 9.59 Å². The first-order valence-corrected chi connectivity index (χ1v) is 9.09. The van der Waals surface area contributed by atoms with Crippen LogP contribution in [-0.2, 0) is 12.8 Å². The van der Waals surface area contributed by atoms with Crippen LogP contribution in [0, 0.1) is 13.8 Å². The largest absolute Gasteiger partial charge is 0.322 e. The van der Waals surface area contributed by atoms with E-state index in [0.29, 0.717) is 11.3 Å². The van der Waals surface area contributed by atoms with E-state index in [0.717, 1.165) is 53.3 Å². The zero-order chi connectivity index (χ0) is 18.3. The Balaban J connectivity index is 1.68. The van der Waals surface area contributed by atoms with Crippen molar-refractivity contribution in [2.45, 2.75) is 39.5 Å². The van der Waals surface area contributed by atoms with Gasteiger partial charge in [-0.2, -0.15) is 0 Å². The predicted octanol–water partition coefficient (Wildman–Crippen LogP) is 4.28. The van der Waals surface area contributed by atoms with Crippen LogP contribution in [-0.4, -0.2) is 10.9 Å². The van der Waals surface area contributed by atoms with Crippen LogP contribution in [0.3, 0.4) is 0 Å². The summed E-state index contributed by atoms with van der Waals surface area (Å²) in [5.74, 6) is -0.146. The average Bonchev–Trinajstić information content (AvgIpc) is 2.64. The number of aromatic nitrogens is 1. The van der Waals surface area contributed by atoms with Crippen LogP contribution in [0.4, 0.5) is 5.69 Å². The number of amides is 1. The second kappa shape index (κ2) is 6.45. The molecule has 26 heavy (non-hydrogen) atoms. The normalized spacial score (nSPS) is 13.5. The van der Waals surface area contributed by atoms with E-state index in [-0.39, 0.29) is 11.5 Å². The highest BCUT2D eigenvalue weighted by atomic mass is 16.1. The highest BCUT2D eigenvalue weighted by Crippen LogP contribution is 2.27. The number of hydrogen-bond acceptors (Lipinski definition) is 2. The predicted molar refractivity (Wildman–Crippen MR) is 105 cm³/mol. The van der Waals surface area contributed by atoms with Gasteiger partial charge in [0, 0.05) is 22.2 Å². The summed E-state index contributed by atoms with van der Waals surface area (Å²) in [7, 11) is 0. The minimum Gasteiger partial charge on any atom is -0.322 e. The minimum absolute atomic E-state index is 0.00448. The Morgan fingerprint density at radius 1 is 0.962 bits per heavy atom. The van der Waals surface area contributed by atoms with Crippen molar-refractivity contribution in [1.29, 1.82) is 0 Å². The Labute approximate surface area is 152 Å². The Kier molecular flexibility index (Phi) is 4.11. The molecule has 132 valence electrons. The molecule has 4 nitrogen and oxygen atoms in total. The lowest BCUT2D eigenvalue weighted by molar-refractivity contribution is 0.102. The van der Waals surface area contributed by atoms with Gasteiger partial charge in [0.25, 0.3) is 11.5 Å². The summed E-state index contributed by atoms with van der Waals surface area (Å²) in [6, 6.07) is 11.4. The summed E-state index contributed by atoms with van der Waals surface area (Å²) >= 11 is 0. The standard InChI is InChI=1S/C22H22N2O2/c1-13-7-8-15(11-14(13)2)21(25)23-16-9-10-18-17-5-3-4-6-19(17)22(26)24-20(18)12-16/h7-12H,3-6H2,1-2H3,(H,23,25)(H,24,26). The Hall–Kier alpha value is -2.88. The molecule has 0 radical (unpaired) electrons. The summed E-state index contributed by atoms with van der Waals surface area (Å²) in [5, 5.41) is 4.02. The first-order valence-electron chi connectivity index (χ1n) is 9.09. The van der Waals surface area contributed by atoms with Gasteiger partial charge in [-0.25, -0.2) is 0 Å². The Morgan fingerprint density at radius 3 is 2.50 bits per heavy atom. The van der Waals surface area contributed by atoms with Gasteiger partial charge in [-0.05, 0) is 80.5 Å². The maximum Gasteiger partial charge on any atom is 0.255 e. The molecule has 1 aliphatic carbocycles. The third kappa shape index (κ3) is 2.92. The molecule has 2 aromatic carbocycles. The molecule has 4 rings (SSSR count). The quantitative estimate of drug-likeness (QED) is 0.728. The van der Waals surface area contributed by atoms with E-state index < -0.39 is 0 Å². The van der Waals surface area contributed by atoms with Gasteiger partial charge in [0.1, 0.15) is 0 Å². The number of nitrogens with one attached hydrogen (secondary N) is 2. The number of benzene rings is 2. The van der Waals surface area contributed by atoms with Crippen molar-refractivity contribution in [3.8, 4) is 0 Å². The third-order valence-electron chi connectivity index (χ3n) is 5.36. The smallest absolute Gasteiger partial charge is 0.255 e.